The fraction of sp³-hybridized carbons (Fsp3) is 0.625. The zero-order valence-corrected chi connectivity index (χ0v) is 15.2. The monoisotopic (exact) mass is 373 g/mol. The Bertz CT molecular complexity index is 607. The lowest BCUT2D eigenvalue weighted by Gasteiger charge is -2.40. The van der Waals surface area contributed by atoms with Crippen molar-refractivity contribution in [2.45, 2.75) is 56.2 Å². The zero-order chi connectivity index (χ0) is 15.8. The highest BCUT2D eigenvalue weighted by Gasteiger charge is 2.41. The van der Waals surface area contributed by atoms with Crippen LogP contribution < -0.4 is 5.73 Å². The normalized spacial score (nSPS) is 27.6. The number of halogens is 1. The lowest BCUT2D eigenvalue weighted by Crippen LogP contribution is -2.47. The largest absolute Gasteiger partial charge is 0.327 e. The van der Waals surface area contributed by atoms with Gasteiger partial charge in [-0.25, -0.2) is 8.42 Å². The van der Waals surface area contributed by atoms with E-state index in [0.29, 0.717) is 17.2 Å². The molecule has 1 aromatic carbocycles. The molecule has 1 aliphatic rings. The molecule has 0 radical (unpaired) electrons. The Morgan fingerprint density at radius 2 is 1.90 bits per heavy atom. The lowest BCUT2D eigenvalue weighted by atomic mass is 9.71. The van der Waals surface area contributed by atoms with Crippen LogP contribution in [0.3, 0.4) is 0 Å². The van der Waals surface area contributed by atoms with Crippen molar-refractivity contribution in [2.75, 3.05) is 0 Å². The van der Waals surface area contributed by atoms with Gasteiger partial charge in [0.05, 0.1) is 10.1 Å². The van der Waals surface area contributed by atoms with Crippen LogP contribution in [0.2, 0.25) is 0 Å². The summed E-state index contributed by atoms with van der Waals surface area (Å²) in [4.78, 5) is 0.367. The van der Waals surface area contributed by atoms with Crippen LogP contribution in [0.4, 0.5) is 0 Å². The summed E-state index contributed by atoms with van der Waals surface area (Å²) in [6.07, 6.45) is 2.44. The Morgan fingerprint density at radius 1 is 1.24 bits per heavy atom. The topological polar surface area (TPSA) is 60.2 Å². The summed E-state index contributed by atoms with van der Waals surface area (Å²) in [5, 5.41) is -0.482. The highest BCUT2D eigenvalue weighted by atomic mass is 79.9. The molecule has 2 N–H and O–H groups in total. The van der Waals surface area contributed by atoms with E-state index < -0.39 is 15.1 Å². The number of hydrogen-bond acceptors (Lipinski definition) is 3. The smallest absolute Gasteiger partial charge is 0.182 e. The molecule has 0 bridgehead atoms. The predicted molar refractivity (Wildman–Crippen MR) is 89.9 cm³/mol. The van der Waals surface area contributed by atoms with E-state index in [1.807, 2.05) is 6.07 Å². The first-order valence-corrected chi connectivity index (χ1v) is 9.71. The van der Waals surface area contributed by atoms with Crippen LogP contribution in [-0.4, -0.2) is 19.7 Å². The molecule has 0 aliphatic heterocycles. The Balaban J connectivity index is 2.34. The van der Waals surface area contributed by atoms with E-state index in [1.54, 1.807) is 18.2 Å². The first-order valence-electron chi connectivity index (χ1n) is 7.37. The summed E-state index contributed by atoms with van der Waals surface area (Å²) in [5.41, 5.74) is 6.27. The van der Waals surface area contributed by atoms with Crippen molar-refractivity contribution in [3.8, 4) is 0 Å². The predicted octanol–water partition coefficient (Wildman–Crippen LogP) is 3.76. The molecule has 1 aromatic rings. The average Bonchev–Trinajstić information content (AvgIpc) is 2.37. The van der Waals surface area contributed by atoms with E-state index in [0.717, 1.165) is 17.3 Å². The Morgan fingerprint density at radius 3 is 2.48 bits per heavy atom. The summed E-state index contributed by atoms with van der Waals surface area (Å²) in [7, 11) is -3.38. The van der Waals surface area contributed by atoms with Gasteiger partial charge in [0.25, 0.3) is 0 Å². The third-order valence-electron chi connectivity index (χ3n) is 4.59. The number of benzene rings is 1. The van der Waals surface area contributed by atoms with E-state index in [2.05, 4.69) is 36.7 Å². The third kappa shape index (κ3) is 3.69. The van der Waals surface area contributed by atoms with E-state index in [-0.39, 0.29) is 11.5 Å². The summed E-state index contributed by atoms with van der Waals surface area (Å²) in [6, 6.07) is 6.65. The van der Waals surface area contributed by atoms with Crippen LogP contribution >= 0.6 is 15.9 Å². The molecule has 2 rings (SSSR count). The summed E-state index contributed by atoms with van der Waals surface area (Å²) >= 11 is 3.34. The van der Waals surface area contributed by atoms with Gasteiger partial charge in [0, 0.05) is 10.5 Å². The van der Waals surface area contributed by atoms with Crippen molar-refractivity contribution in [1.82, 2.24) is 0 Å². The fourth-order valence-electron chi connectivity index (χ4n) is 3.11. The second-order valence-corrected chi connectivity index (χ2v) is 10.2. The van der Waals surface area contributed by atoms with Crippen LogP contribution in [0.1, 0.15) is 40.0 Å². The maximum absolute atomic E-state index is 12.9. The average molecular weight is 374 g/mol. The molecule has 1 aliphatic carbocycles. The quantitative estimate of drug-likeness (QED) is 0.857. The molecule has 0 heterocycles. The van der Waals surface area contributed by atoms with Gasteiger partial charge in [0.15, 0.2) is 9.84 Å². The first-order chi connectivity index (χ1) is 9.62. The van der Waals surface area contributed by atoms with Crippen LogP contribution in [-0.2, 0) is 9.84 Å². The van der Waals surface area contributed by atoms with Gasteiger partial charge in [-0.1, -0.05) is 42.8 Å². The maximum Gasteiger partial charge on any atom is 0.182 e. The van der Waals surface area contributed by atoms with Crippen molar-refractivity contribution in [3.05, 3.63) is 28.7 Å². The molecule has 21 heavy (non-hydrogen) atoms. The number of rotatable bonds is 2. The minimum absolute atomic E-state index is 0.116. The molecule has 1 fully saturated rings. The first kappa shape index (κ1) is 17.0. The molecule has 0 saturated heterocycles. The van der Waals surface area contributed by atoms with Gasteiger partial charge < -0.3 is 5.73 Å². The SMILES string of the molecule is CC(C)(C)C1CCC(N)C(S(=O)(=O)c2cccc(Br)c2)C1. The van der Waals surface area contributed by atoms with E-state index >= 15 is 0 Å². The van der Waals surface area contributed by atoms with Gasteiger partial charge in [-0.3, -0.25) is 0 Å². The molecule has 3 unspecified atom stereocenters. The van der Waals surface area contributed by atoms with Crippen molar-refractivity contribution >= 4 is 25.8 Å². The van der Waals surface area contributed by atoms with Crippen molar-refractivity contribution in [3.63, 3.8) is 0 Å². The van der Waals surface area contributed by atoms with Gasteiger partial charge in [-0.2, -0.15) is 0 Å². The number of sulfone groups is 1. The molecule has 3 nitrogen and oxygen atoms in total. The van der Waals surface area contributed by atoms with Gasteiger partial charge in [-0.05, 0) is 48.8 Å². The molecular weight excluding hydrogens is 350 g/mol. The number of nitrogens with two attached hydrogens (primary N) is 1. The second-order valence-electron chi connectivity index (χ2n) is 7.08. The molecule has 0 aromatic heterocycles. The Kier molecular flexibility index (Phi) is 4.86. The zero-order valence-electron chi connectivity index (χ0n) is 12.8. The van der Waals surface area contributed by atoms with Crippen LogP contribution in [0.15, 0.2) is 33.6 Å². The Hall–Kier alpha value is -0.390. The molecule has 0 spiro atoms. The van der Waals surface area contributed by atoms with Crippen molar-refractivity contribution in [1.29, 1.82) is 0 Å². The molecule has 1 saturated carbocycles. The van der Waals surface area contributed by atoms with Crippen LogP contribution in [0, 0.1) is 11.3 Å². The van der Waals surface area contributed by atoms with Gasteiger partial charge in [-0.15, -0.1) is 0 Å². The van der Waals surface area contributed by atoms with Crippen molar-refractivity contribution < 1.29 is 8.42 Å². The van der Waals surface area contributed by atoms with Crippen molar-refractivity contribution in [2.24, 2.45) is 17.1 Å². The van der Waals surface area contributed by atoms with E-state index in [4.69, 9.17) is 5.73 Å². The van der Waals surface area contributed by atoms with Crippen LogP contribution in [0.25, 0.3) is 0 Å². The van der Waals surface area contributed by atoms with E-state index in [9.17, 15) is 8.42 Å². The molecule has 5 heteroatoms. The third-order valence-corrected chi connectivity index (χ3v) is 7.33. The van der Waals surface area contributed by atoms with Gasteiger partial charge >= 0.3 is 0 Å². The minimum atomic E-state index is -3.38. The van der Waals surface area contributed by atoms with Crippen LogP contribution in [0.5, 0.6) is 0 Å². The standard InChI is InChI=1S/C16H24BrNO2S/c1-16(2,3)11-7-8-14(18)15(9-11)21(19,20)13-6-4-5-12(17)10-13/h4-6,10-11,14-15H,7-9,18H2,1-3H3. The van der Waals surface area contributed by atoms with E-state index in [1.165, 1.54) is 0 Å². The van der Waals surface area contributed by atoms with Gasteiger partial charge in [0.1, 0.15) is 0 Å². The second kappa shape index (κ2) is 6.01. The summed E-state index contributed by atoms with van der Waals surface area (Å²) in [5.74, 6) is 0.393. The molecule has 0 amide bonds. The molecular formula is C16H24BrNO2S. The Labute approximate surface area is 136 Å². The maximum atomic E-state index is 12.9. The molecule has 118 valence electrons. The minimum Gasteiger partial charge on any atom is -0.327 e. The van der Waals surface area contributed by atoms with Gasteiger partial charge in [0.2, 0.25) is 0 Å². The summed E-state index contributed by atoms with van der Waals surface area (Å²) in [6.45, 7) is 6.53. The highest BCUT2D eigenvalue weighted by Crippen LogP contribution is 2.40. The summed E-state index contributed by atoms with van der Waals surface area (Å²) < 4.78 is 26.6. The number of hydrogen-bond donors (Lipinski definition) is 1. The fourth-order valence-corrected chi connectivity index (χ4v) is 5.66. The molecule has 3 atom stereocenters. The lowest BCUT2D eigenvalue weighted by molar-refractivity contribution is 0.171. The highest BCUT2D eigenvalue weighted by molar-refractivity contribution is 9.10.